The predicted molar refractivity (Wildman–Crippen MR) is 108 cm³/mol. The Morgan fingerprint density at radius 3 is 2.85 bits per heavy atom. The third kappa shape index (κ3) is 3.33. The van der Waals surface area contributed by atoms with E-state index in [0.29, 0.717) is 30.6 Å². The van der Waals surface area contributed by atoms with E-state index in [-0.39, 0.29) is 11.8 Å². The highest BCUT2D eigenvalue weighted by atomic mass is 19.1. The average molecular weight is 363 g/mol. The van der Waals surface area contributed by atoms with Crippen molar-refractivity contribution in [2.45, 2.75) is 19.9 Å². The van der Waals surface area contributed by atoms with Crippen molar-refractivity contribution in [2.75, 3.05) is 23.3 Å². The van der Waals surface area contributed by atoms with Gasteiger partial charge >= 0.3 is 6.03 Å². The molecule has 0 aromatic heterocycles. The lowest BCUT2D eigenvalue weighted by Crippen LogP contribution is -2.38. The number of anilines is 2. The first-order valence-electron chi connectivity index (χ1n) is 9.25. The minimum absolute atomic E-state index is 0.0750. The molecule has 5 heteroatoms. The molecule has 4 nitrogen and oxygen atoms in total. The van der Waals surface area contributed by atoms with E-state index in [9.17, 15) is 9.18 Å². The minimum Gasteiger partial charge on any atom is -0.381 e. The van der Waals surface area contributed by atoms with Gasteiger partial charge in [-0.25, -0.2) is 9.18 Å². The second-order valence-corrected chi connectivity index (χ2v) is 6.69. The Balaban J connectivity index is 1.54. The van der Waals surface area contributed by atoms with E-state index in [1.165, 1.54) is 0 Å². The van der Waals surface area contributed by atoms with Crippen LogP contribution in [0.15, 0.2) is 54.6 Å². The van der Waals surface area contributed by atoms with Gasteiger partial charge in [-0.1, -0.05) is 42.5 Å². The number of amides is 2. The number of nitrogens with one attached hydrogen (secondary N) is 2. The van der Waals surface area contributed by atoms with Gasteiger partial charge in [-0.3, -0.25) is 4.90 Å². The summed E-state index contributed by atoms with van der Waals surface area (Å²) in [5.74, 6) is -0.189. The molecular weight excluding hydrogens is 341 g/mol. The van der Waals surface area contributed by atoms with Crippen molar-refractivity contribution in [3.05, 3.63) is 71.5 Å². The summed E-state index contributed by atoms with van der Waals surface area (Å²) < 4.78 is 14.7. The fourth-order valence-electron chi connectivity index (χ4n) is 3.56. The summed E-state index contributed by atoms with van der Waals surface area (Å²) in [6.45, 7) is 3.58. The van der Waals surface area contributed by atoms with Gasteiger partial charge in [-0.05, 0) is 36.4 Å². The molecule has 0 radical (unpaired) electrons. The molecule has 0 atom stereocenters. The van der Waals surface area contributed by atoms with Gasteiger partial charge in [0.15, 0.2) is 0 Å². The fraction of sp³-hybridized carbons (Fsp3) is 0.227. The van der Waals surface area contributed by atoms with Crippen molar-refractivity contribution in [3.63, 3.8) is 0 Å². The zero-order valence-corrected chi connectivity index (χ0v) is 15.3. The summed E-state index contributed by atoms with van der Waals surface area (Å²) in [6.07, 6.45) is 0.853. The Bertz CT molecular complexity index is 1000. The standard InChI is InChI=1S/C22H22FN3O/c1-2-24-22(27)26-12-11-16-9-10-18(13-20(16)26)25-14-17-8-7-15-5-3-4-6-19(15)21(17)23/h3-10,13,25H,2,11-12,14H2,1H3,(H,24,27). The van der Waals surface area contributed by atoms with Crippen molar-refractivity contribution in [3.8, 4) is 0 Å². The smallest absolute Gasteiger partial charge is 0.321 e. The summed E-state index contributed by atoms with van der Waals surface area (Å²) in [6, 6.07) is 17.1. The van der Waals surface area contributed by atoms with Crippen LogP contribution in [0.25, 0.3) is 10.8 Å². The SMILES string of the molecule is CCNC(=O)N1CCc2ccc(NCc3ccc4ccccc4c3F)cc21. The number of rotatable bonds is 4. The number of benzene rings is 3. The van der Waals surface area contributed by atoms with Gasteiger partial charge in [0.2, 0.25) is 0 Å². The number of hydrogen-bond acceptors (Lipinski definition) is 2. The second kappa shape index (κ2) is 7.27. The minimum atomic E-state index is -0.189. The highest BCUT2D eigenvalue weighted by Crippen LogP contribution is 2.31. The van der Waals surface area contributed by atoms with Crippen molar-refractivity contribution in [1.29, 1.82) is 0 Å². The maximum absolute atomic E-state index is 14.7. The Kier molecular flexibility index (Phi) is 4.67. The largest absolute Gasteiger partial charge is 0.381 e. The topological polar surface area (TPSA) is 44.4 Å². The molecule has 1 heterocycles. The van der Waals surface area contributed by atoms with Gasteiger partial charge in [0, 0.05) is 36.3 Å². The number of nitrogens with zero attached hydrogens (tertiary/aromatic N) is 1. The van der Waals surface area contributed by atoms with Crippen LogP contribution in [0.1, 0.15) is 18.1 Å². The zero-order chi connectivity index (χ0) is 18.8. The molecule has 3 aromatic rings. The molecule has 0 aliphatic carbocycles. The van der Waals surface area contributed by atoms with Crippen LogP contribution in [0.2, 0.25) is 0 Å². The van der Waals surface area contributed by atoms with Crippen LogP contribution in [-0.4, -0.2) is 19.1 Å². The van der Waals surface area contributed by atoms with Crippen LogP contribution in [0.4, 0.5) is 20.6 Å². The summed E-state index contributed by atoms with van der Waals surface area (Å²) >= 11 is 0. The molecule has 0 saturated heterocycles. The monoisotopic (exact) mass is 363 g/mol. The molecule has 27 heavy (non-hydrogen) atoms. The lowest BCUT2D eigenvalue weighted by molar-refractivity contribution is 0.247. The Labute approximate surface area is 158 Å². The molecule has 0 fully saturated rings. The lowest BCUT2D eigenvalue weighted by Gasteiger charge is -2.18. The quantitative estimate of drug-likeness (QED) is 0.707. The van der Waals surface area contributed by atoms with E-state index in [1.807, 2.05) is 55.5 Å². The van der Waals surface area contributed by atoms with Crippen LogP contribution in [0, 0.1) is 5.82 Å². The lowest BCUT2D eigenvalue weighted by atomic mass is 10.1. The van der Waals surface area contributed by atoms with Crippen LogP contribution < -0.4 is 15.5 Å². The highest BCUT2D eigenvalue weighted by molar-refractivity contribution is 5.94. The summed E-state index contributed by atoms with van der Waals surface area (Å²) in [4.78, 5) is 14.0. The molecule has 4 rings (SSSR count). The van der Waals surface area contributed by atoms with E-state index in [0.717, 1.165) is 28.7 Å². The fourth-order valence-corrected chi connectivity index (χ4v) is 3.56. The van der Waals surface area contributed by atoms with Crippen molar-refractivity contribution in [1.82, 2.24) is 5.32 Å². The molecule has 0 saturated carbocycles. The average Bonchev–Trinajstić information content (AvgIpc) is 3.11. The van der Waals surface area contributed by atoms with Crippen LogP contribution in [0.5, 0.6) is 0 Å². The van der Waals surface area contributed by atoms with Crippen LogP contribution in [0.3, 0.4) is 0 Å². The third-order valence-electron chi connectivity index (χ3n) is 4.98. The van der Waals surface area contributed by atoms with Crippen LogP contribution >= 0.6 is 0 Å². The van der Waals surface area contributed by atoms with E-state index in [1.54, 1.807) is 11.0 Å². The molecule has 3 aromatic carbocycles. The molecule has 1 aliphatic heterocycles. The Hall–Kier alpha value is -3.08. The maximum atomic E-state index is 14.7. The summed E-state index contributed by atoms with van der Waals surface area (Å²) in [7, 11) is 0. The van der Waals surface area contributed by atoms with E-state index >= 15 is 0 Å². The van der Waals surface area contributed by atoms with E-state index < -0.39 is 0 Å². The Morgan fingerprint density at radius 2 is 2.00 bits per heavy atom. The first-order chi connectivity index (χ1) is 13.2. The third-order valence-corrected chi connectivity index (χ3v) is 4.98. The number of urea groups is 1. The number of carbonyl (C=O) groups excluding carboxylic acids is 1. The van der Waals surface area contributed by atoms with Gasteiger partial charge in [0.1, 0.15) is 5.82 Å². The molecule has 138 valence electrons. The highest BCUT2D eigenvalue weighted by Gasteiger charge is 2.24. The van der Waals surface area contributed by atoms with E-state index in [2.05, 4.69) is 10.6 Å². The van der Waals surface area contributed by atoms with Gasteiger partial charge in [0.05, 0.1) is 5.69 Å². The number of hydrogen-bond donors (Lipinski definition) is 2. The van der Waals surface area contributed by atoms with Gasteiger partial charge in [0.25, 0.3) is 0 Å². The number of carbonyl (C=O) groups is 1. The number of halogens is 1. The first kappa shape index (κ1) is 17.3. The Morgan fingerprint density at radius 1 is 1.15 bits per heavy atom. The van der Waals surface area contributed by atoms with Crippen molar-refractivity contribution < 1.29 is 9.18 Å². The molecule has 1 aliphatic rings. The van der Waals surface area contributed by atoms with Gasteiger partial charge < -0.3 is 10.6 Å². The van der Waals surface area contributed by atoms with Crippen molar-refractivity contribution in [2.24, 2.45) is 0 Å². The van der Waals surface area contributed by atoms with Crippen molar-refractivity contribution >= 4 is 28.2 Å². The number of fused-ring (bicyclic) bond motifs is 2. The summed E-state index contributed by atoms with van der Waals surface area (Å²) in [5, 5.41) is 7.67. The molecular formula is C22H22FN3O. The zero-order valence-electron chi connectivity index (χ0n) is 15.3. The predicted octanol–water partition coefficient (Wildman–Crippen LogP) is 4.68. The summed E-state index contributed by atoms with van der Waals surface area (Å²) in [5.41, 5.74) is 3.57. The maximum Gasteiger partial charge on any atom is 0.321 e. The molecule has 0 spiro atoms. The van der Waals surface area contributed by atoms with Crippen LogP contribution in [-0.2, 0) is 13.0 Å². The molecule has 0 unspecified atom stereocenters. The van der Waals surface area contributed by atoms with Gasteiger partial charge in [-0.15, -0.1) is 0 Å². The molecule has 0 bridgehead atoms. The second-order valence-electron chi connectivity index (χ2n) is 6.69. The normalized spacial score (nSPS) is 12.9. The molecule has 2 amide bonds. The van der Waals surface area contributed by atoms with Gasteiger partial charge in [-0.2, -0.15) is 0 Å². The van der Waals surface area contributed by atoms with E-state index in [4.69, 9.17) is 0 Å². The molecule has 2 N–H and O–H groups in total. The first-order valence-corrected chi connectivity index (χ1v) is 9.25.